The van der Waals surface area contributed by atoms with Crippen LogP contribution in [0.5, 0.6) is 0 Å². The fraction of sp³-hybridized carbons (Fsp3) is 0.100. The number of nitrogens with zero attached hydrogens (tertiary/aromatic N) is 3. The summed E-state index contributed by atoms with van der Waals surface area (Å²) in [7, 11) is -3.78. The maximum atomic E-state index is 12.1. The highest BCUT2D eigenvalue weighted by molar-refractivity contribution is 9.10. The SMILES string of the molecule is Cc1cc(Br)cnc1NS(=O)(=O)c1cnc(Cl)nc1. The molecule has 1 N–H and O–H groups in total. The van der Waals surface area contributed by atoms with Crippen molar-refractivity contribution in [2.75, 3.05) is 4.72 Å². The molecule has 2 heterocycles. The van der Waals surface area contributed by atoms with Crippen LogP contribution in [0.3, 0.4) is 0 Å². The summed E-state index contributed by atoms with van der Waals surface area (Å²) in [5, 5.41) is -0.0168. The minimum atomic E-state index is -3.78. The smallest absolute Gasteiger partial charge is 0.263 e. The molecule has 2 aromatic heterocycles. The van der Waals surface area contributed by atoms with Crippen molar-refractivity contribution in [1.82, 2.24) is 15.0 Å². The van der Waals surface area contributed by atoms with Gasteiger partial charge in [0.05, 0.1) is 12.4 Å². The molecule has 2 rings (SSSR count). The summed E-state index contributed by atoms with van der Waals surface area (Å²) < 4.78 is 27.3. The topological polar surface area (TPSA) is 84.8 Å². The largest absolute Gasteiger partial charge is 0.266 e. The first-order valence-corrected chi connectivity index (χ1v) is 7.66. The molecule has 0 amide bonds. The Labute approximate surface area is 123 Å². The molecule has 6 nitrogen and oxygen atoms in total. The number of anilines is 1. The first kappa shape index (κ1) is 14.2. The Morgan fingerprint density at radius 2 is 1.84 bits per heavy atom. The molecule has 0 fully saturated rings. The molecule has 0 aliphatic carbocycles. The molecule has 0 atom stereocenters. The van der Waals surface area contributed by atoms with Crippen molar-refractivity contribution < 1.29 is 8.42 Å². The first-order valence-electron chi connectivity index (χ1n) is 5.01. The van der Waals surface area contributed by atoms with Crippen LogP contribution < -0.4 is 4.72 Å². The predicted molar refractivity (Wildman–Crippen MR) is 74.5 cm³/mol. The average molecular weight is 364 g/mol. The third-order valence-corrected chi connectivity index (χ3v) is 4.11. The van der Waals surface area contributed by atoms with Gasteiger partial charge in [-0.15, -0.1) is 0 Å². The molecule has 0 saturated carbocycles. The summed E-state index contributed by atoms with van der Waals surface area (Å²) >= 11 is 8.76. The maximum absolute atomic E-state index is 12.1. The van der Waals surface area contributed by atoms with Gasteiger partial charge < -0.3 is 0 Å². The van der Waals surface area contributed by atoms with E-state index in [1.165, 1.54) is 6.20 Å². The lowest BCUT2D eigenvalue weighted by Gasteiger charge is -2.09. The number of aryl methyl sites for hydroxylation is 1. The van der Waals surface area contributed by atoms with Gasteiger partial charge in [0.15, 0.2) is 0 Å². The van der Waals surface area contributed by atoms with E-state index in [4.69, 9.17) is 11.6 Å². The summed E-state index contributed by atoms with van der Waals surface area (Å²) in [6.45, 7) is 1.74. The van der Waals surface area contributed by atoms with Crippen LogP contribution in [0.25, 0.3) is 0 Å². The van der Waals surface area contributed by atoms with E-state index in [1.807, 2.05) is 0 Å². The van der Waals surface area contributed by atoms with Crippen LogP contribution in [-0.2, 0) is 10.0 Å². The molecule has 0 aliphatic rings. The monoisotopic (exact) mass is 362 g/mol. The number of rotatable bonds is 3. The molecular weight excluding hydrogens is 356 g/mol. The molecule has 19 heavy (non-hydrogen) atoms. The highest BCUT2D eigenvalue weighted by Gasteiger charge is 2.17. The normalized spacial score (nSPS) is 11.3. The zero-order valence-electron chi connectivity index (χ0n) is 9.63. The molecule has 0 spiro atoms. The van der Waals surface area contributed by atoms with Crippen molar-refractivity contribution in [2.24, 2.45) is 0 Å². The Bertz CT molecular complexity index is 706. The van der Waals surface area contributed by atoms with Gasteiger partial charge in [-0.1, -0.05) is 0 Å². The van der Waals surface area contributed by atoms with Gasteiger partial charge in [0, 0.05) is 10.7 Å². The van der Waals surface area contributed by atoms with Gasteiger partial charge in [-0.05, 0) is 46.1 Å². The lowest BCUT2D eigenvalue weighted by atomic mass is 10.3. The fourth-order valence-electron chi connectivity index (χ4n) is 1.27. The van der Waals surface area contributed by atoms with Crippen molar-refractivity contribution in [3.8, 4) is 0 Å². The molecule has 2 aromatic rings. The molecule has 0 radical (unpaired) electrons. The van der Waals surface area contributed by atoms with E-state index >= 15 is 0 Å². The van der Waals surface area contributed by atoms with Gasteiger partial charge >= 0.3 is 0 Å². The van der Waals surface area contributed by atoms with Crippen LogP contribution >= 0.6 is 27.5 Å². The van der Waals surface area contributed by atoms with Crippen molar-refractivity contribution in [2.45, 2.75) is 11.8 Å². The fourth-order valence-corrected chi connectivity index (χ4v) is 2.79. The number of halogens is 2. The van der Waals surface area contributed by atoms with Crippen LogP contribution in [0.2, 0.25) is 5.28 Å². The molecule has 0 bridgehead atoms. The number of pyridine rings is 1. The van der Waals surface area contributed by atoms with Gasteiger partial charge in [0.25, 0.3) is 10.0 Å². The van der Waals surface area contributed by atoms with Crippen LogP contribution in [0, 0.1) is 6.92 Å². The summed E-state index contributed by atoms with van der Waals surface area (Å²) in [4.78, 5) is 11.2. The molecule has 0 saturated heterocycles. The molecule has 100 valence electrons. The minimum absolute atomic E-state index is 0.0168. The van der Waals surface area contributed by atoms with Crippen molar-refractivity contribution in [3.63, 3.8) is 0 Å². The third-order valence-electron chi connectivity index (χ3n) is 2.18. The van der Waals surface area contributed by atoms with E-state index in [2.05, 4.69) is 35.6 Å². The van der Waals surface area contributed by atoms with Crippen LogP contribution in [0.4, 0.5) is 5.82 Å². The van der Waals surface area contributed by atoms with E-state index in [1.54, 1.807) is 13.0 Å². The Kier molecular flexibility index (Phi) is 4.02. The molecule has 9 heteroatoms. The number of hydrogen-bond acceptors (Lipinski definition) is 5. The van der Waals surface area contributed by atoms with E-state index in [0.717, 1.165) is 16.9 Å². The Balaban J connectivity index is 2.33. The zero-order valence-corrected chi connectivity index (χ0v) is 12.8. The Morgan fingerprint density at radius 3 is 2.42 bits per heavy atom. The van der Waals surface area contributed by atoms with Crippen LogP contribution in [0.1, 0.15) is 5.56 Å². The second-order valence-electron chi connectivity index (χ2n) is 3.61. The second-order valence-corrected chi connectivity index (χ2v) is 6.55. The third kappa shape index (κ3) is 3.40. The summed E-state index contributed by atoms with van der Waals surface area (Å²) in [6.07, 6.45) is 3.76. The minimum Gasteiger partial charge on any atom is -0.263 e. The van der Waals surface area contributed by atoms with Gasteiger partial charge in [0.1, 0.15) is 10.7 Å². The first-order chi connectivity index (χ1) is 8.88. The Morgan fingerprint density at radius 1 is 1.21 bits per heavy atom. The number of sulfonamides is 1. The average Bonchev–Trinajstić information content (AvgIpc) is 2.33. The predicted octanol–water partition coefficient (Wildman–Crippen LogP) is 2.40. The quantitative estimate of drug-likeness (QED) is 0.846. The summed E-state index contributed by atoms with van der Waals surface area (Å²) in [5.41, 5.74) is 0.688. The molecule has 0 unspecified atom stereocenters. The highest BCUT2D eigenvalue weighted by atomic mass is 79.9. The second kappa shape index (κ2) is 5.40. The molecule has 0 aliphatic heterocycles. The van der Waals surface area contributed by atoms with Crippen molar-refractivity contribution in [3.05, 3.63) is 40.0 Å². The van der Waals surface area contributed by atoms with Gasteiger partial charge in [-0.25, -0.2) is 23.4 Å². The maximum Gasteiger partial charge on any atom is 0.266 e. The van der Waals surface area contributed by atoms with E-state index < -0.39 is 10.0 Å². The van der Waals surface area contributed by atoms with E-state index in [0.29, 0.717) is 5.56 Å². The highest BCUT2D eigenvalue weighted by Crippen LogP contribution is 2.20. The summed E-state index contributed by atoms with van der Waals surface area (Å²) in [6, 6.07) is 1.75. The molecule has 0 aromatic carbocycles. The van der Waals surface area contributed by atoms with Crippen molar-refractivity contribution in [1.29, 1.82) is 0 Å². The zero-order chi connectivity index (χ0) is 14.0. The number of nitrogens with one attached hydrogen (secondary N) is 1. The standard InChI is InChI=1S/C10H8BrClN4O2S/c1-6-2-7(11)3-13-9(6)16-19(17,18)8-4-14-10(12)15-5-8/h2-5H,1H3,(H,13,16). The van der Waals surface area contributed by atoms with Gasteiger partial charge in [0.2, 0.25) is 5.28 Å². The lowest BCUT2D eigenvalue weighted by Crippen LogP contribution is -2.15. The summed E-state index contributed by atoms with van der Waals surface area (Å²) in [5.74, 6) is 0.248. The number of aromatic nitrogens is 3. The van der Waals surface area contributed by atoms with Gasteiger partial charge in [-0.3, -0.25) is 4.72 Å². The van der Waals surface area contributed by atoms with Gasteiger partial charge in [-0.2, -0.15) is 0 Å². The Hall–Kier alpha value is -1.25. The number of hydrogen-bond donors (Lipinski definition) is 1. The van der Waals surface area contributed by atoms with Crippen LogP contribution in [0.15, 0.2) is 34.0 Å². The van der Waals surface area contributed by atoms with E-state index in [9.17, 15) is 8.42 Å². The molecular formula is C10H8BrClN4O2S. The van der Waals surface area contributed by atoms with Crippen LogP contribution in [-0.4, -0.2) is 23.4 Å². The lowest BCUT2D eigenvalue weighted by molar-refractivity contribution is 0.600. The van der Waals surface area contributed by atoms with E-state index in [-0.39, 0.29) is 16.0 Å². The van der Waals surface area contributed by atoms with Crippen molar-refractivity contribution >= 4 is 43.4 Å².